The summed E-state index contributed by atoms with van der Waals surface area (Å²) in [5, 5.41) is 21.5. The first-order valence-corrected chi connectivity index (χ1v) is 22.7. The van der Waals surface area contributed by atoms with Crippen LogP contribution in [0.15, 0.2) is 90.4 Å². The van der Waals surface area contributed by atoms with E-state index >= 15 is 0 Å². The molecule has 0 bridgehead atoms. The molecule has 0 saturated carbocycles. The van der Waals surface area contributed by atoms with Gasteiger partial charge < -0.3 is 26.4 Å². The standard InChI is InChI=1S/C47H55N9O7S/c1-32(37-11-9-13-40-38(37)12-10-21-50-40)25-41(33-15-17-36(18-16-33)52-47(63)54-28-34-19-22-49-27-35(34)29-54)53-55(31-57)23-7-3-2-6-20-51-43(58)14-5-4-8-24-56-44(59)26-42(45(56)60)64-30-39(48)46(61)62/h9-13,15-19,21-22,25,27,31,39,42H,2-8,14,20,23-24,26,28-30,48H2,1H3,(H,51,58)(H,52,63)(H,61,62)/b32-25+,53-41+. The van der Waals surface area contributed by atoms with E-state index < -0.39 is 17.3 Å². The summed E-state index contributed by atoms with van der Waals surface area (Å²) in [6, 6.07) is 17.9. The number of unbranched alkanes of at least 4 members (excludes halogenated alkanes) is 5. The van der Waals surface area contributed by atoms with Gasteiger partial charge in [-0.1, -0.05) is 49.6 Å². The molecule has 1 saturated heterocycles. The third kappa shape index (κ3) is 13.0. The van der Waals surface area contributed by atoms with Gasteiger partial charge in [-0.25, -0.2) is 9.80 Å². The van der Waals surface area contributed by atoms with E-state index in [1.807, 2.05) is 73.7 Å². The molecule has 2 aliphatic heterocycles. The number of likely N-dealkylation sites (tertiary alicyclic amines) is 1. The summed E-state index contributed by atoms with van der Waals surface area (Å²) in [7, 11) is 0. The van der Waals surface area contributed by atoms with E-state index in [2.05, 4.69) is 20.6 Å². The topological polar surface area (TPSA) is 221 Å². The lowest BCUT2D eigenvalue weighted by atomic mass is 9.99. The predicted molar refractivity (Wildman–Crippen MR) is 247 cm³/mol. The molecule has 6 amide bonds. The number of carboxylic acid groups (broad SMARTS) is 1. The van der Waals surface area contributed by atoms with Gasteiger partial charge in [0, 0.05) is 86.5 Å². The van der Waals surface area contributed by atoms with Crippen molar-refractivity contribution in [1.29, 1.82) is 0 Å². The fourth-order valence-corrected chi connectivity index (χ4v) is 8.68. The number of aromatic nitrogens is 2. The van der Waals surface area contributed by atoms with E-state index in [0.717, 1.165) is 76.2 Å². The second kappa shape index (κ2) is 23.3. The first-order chi connectivity index (χ1) is 31.0. The number of imide groups is 1. The molecule has 4 heterocycles. The average Bonchev–Trinajstić information content (AvgIpc) is 3.86. The van der Waals surface area contributed by atoms with Crippen LogP contribution in [-0.4, -0.2) is 108 Å². The van der Waals surface area contributed by atoms with Crippen LogP contribution < -0.4 is 16.4 Å². The Balaban J connectivity index is 0.949. The van der Waals surface area contributed by atoms with E-state index in [1.165, 1.54) is 9.91 Å². The highest BCUT2D eigenvalue weighted by Crippen LogP contribution is 2.27. The lowest BCUT2D eigenvalue weighted by Crippen LogP contribution is -2.35. The highest BCUT2D eigenvalue weighted by atomic mass is 32.2. The summed E-state index contributed by atoms with van der Waals surface area (Å²) in [5.41, 5.74) is 12.4. The Morgan fingerprint density at radius 1 is 0.969 bits per heavy atom. The SMILES string of the molecule is C/C(=C\C(=N/N(C=O)CCCCCCNC(=O)CCCCCN1C(=O)CC(SCC(N)C(=O)O)C1=O)c1ccc(NC(=O)N2Cc3ccncc3C2)cc1)c1cccc2ncccc12. The second-order valence-electron chi connectivity index (χ2n) is 15.9. The maximum atomic E-state index is 13.1. The molecule has 2 aromatic carbocycles. The minimum Gasteiger partial charge on any atom is -0.480 e. The number of carboxylic acids is 1. The monoisotopic (exact) mass is 889 g/mol. The van der Waals surface area contributed by atoms with Crippen molar-refractivity contribution in [2.75, 3.05) is 30.7 Å². The summed E-state index contributed by atoms with van der Waals surface area (Å²) in [6.45, 7) is 4.23. The number of hydrogen-bond donors (Lipinski definition) is 4. The second-order valence-corrected chi connectivity index (χ2v) is 17.1. The van der Waals surface area contributed by atoms with Crippen LogP contribution in [0.5, 0.6) is 0 Å². The highest BCUT2D eigenvalue weighted by molar-refractivity contribution is 8.00. The molecule has 2 atom stereocenters. The van der Waals surface area contributed by atoms with E-state index in [9.17, 15) is 28.8 Å². The van der Waals surface area contributed by atoms with Crippen LogP contribution in [0.1, 0.15) is 87.0 Å². The Hall–Kier alpha value is -6.46. The predicted octanol–water partition coefficient (Wildman–Crippen LogP) is 5.95. The molecule has 6 rings (SSSR count). The number of aliphatic carboxylic acids is 1. The Morgan fingerprint density at radius 2 is 1.75 bits per heavy atom. The van der Waals surface area contributed by atoms with E-state index in [0.29, 0.717) is 69.7 Å². The van der Waals surface area contributed by atoms with Crippen molar-refractivity contribution in [2.24, 2.45) is 10.8 Å². The molecule has 0 aliphatic carbocycles. The number of allylic oxidation sites excluding steroid dienone is 2. The zero-order valence-electron chi connectivity index (χ0n) is 36.0. The summed E-state index contributed by atoms with van der Waals surface area (Å²) < 4.78 is 0. The maximum Gasteiger partial charge on any atom is 0.322 e. The van der Waals surface area contributed by atoms with Crippen LogP contribution in [0.4, 0.5) is 10.5 Å². The third-order valence-corrected chi connectivity index (χ3v) is 12.5. The van der Waals surface area contributed by atoms with Crippen molar-refractivity contribution in [3.8, 4) is 0 Å². The van der Waals surface area contributed by atoms with E-state index in [-0.39, 0.29) is 42.5 Å². The normalized spacial score (nSPS) is 15.6. The van der Waals surface area contributed by atoms with Crippen molar-refractivity contribution >= 4 is 75.8 Å². The first kappa shape index (κ1) is 47.0. The van der Waals surface area contributed by atoms with Gasteiger partial charge in [0.2, 0.25) is 24.1 Å². The lowest BCUT2D eigenvalue weighted by molar-refractivity contribution is -0.139. The van der Waals surface area contributed by atoms with Crippen molar-refractivity contribution in [3.05, 3.63) is 108 Å². The van der Waals surface area contributed by atoms with Gasteiger partial charge in [0.15, 0.2) is 0 Å². The minimum atomic E-state index is -1.15. The molecule has 2 aromatic heterocycles. The fraction of sp³-hybridized carbons (Fsp3) is 0.383. The number of fused-ring (bicyclic) bond motifs is 2. The minimum absolute atomic E-state index is 0.0411. The van der Waals surface area contributed by atoms with Crippen LogP contribution in [0.25, 0.3) is 16.5 Å². The summed E-state index contributed by atoms with van der Waals surface area (Å²) in [4.78, 5) is 85.5. The van der Waals surface area contributed by atoms with Crippen LogP contribution in [0.3, 0.4) is 0 Å². The molecule has 5 N–H and O–H groups in total. The molecule has 0 spiro atoms. The molecule has 4 aromatic rings. The Morgan fingerprint density at radius 3 is 2.53 bits per heavy atom. The Labute approximate surface area is 376 Å². The highest BCUT2D eigenvalue weighted by Gasteiger charge is 2.38. The molecule has 16 nitrogen and oxygen atoms in total. The molecule has 0 radical (unpaired) electrons. The number of pyridine rings is 2. The van der Waals surface area contributed by atoms with E-state index in [1.54, 1.807) is 23.5 Å². The van der Waals surface area contributed by atoms with Crippen LogP contribution >= 0.6 is 11.8 Å². The summed E-state index contributed by atoms with van der Waals surface area (Å²) >= 11 is 1.10. The molecular weight excluding hydrogens is 835 g/mol. The van der Waals surface area contributed by atoms with Gasteiger partial charge in [0.05, 0.1) is 16.5 Å². The molecule has 336 valence electrons. The number of carbonyl (C=O) groups excluding carboxylic acids is 5. The van der Waals surface area contributed by atoms with Crippen molar-refractivity contribution < 1.29 is 33.9 Å². The largest absolute Gasteiger partial charge is 0.480 e. The Bertz CT molecular complexity index is 2340. The number of urea groups is 1. The maximum absolute atomic E-state index is 13.1. The molecule has 1 fully saturated rings. The summed E-state index contributed by atoms with van der Waals surface area (Å²) in [6.07, 6.45) is 13.4. The van der Waals surface area contributed by atoms with Crippen molar-refractivity contribution in [1.82, 2.24) is 30.1 Å². The van der Waals surface area contributed by atoms with Gasteiger partial charge in [-0.05, 0) is 91.3 Å². The van der Waals surface area contributed by atoms with Gasteiger partial charge in [-0.3, -0.25) is 38.8 Å². The average molecular weight is 890 g/mol. The van der Waals surface area contributed by atoms with Crippen LogP contribution in [0.2, 0.25) is 0 Å². The number of hydrogen-bond acceptors (Lipinski definition) is 11. The number of amides is 6. The zero-order valence-corrected chi connectivity index (χ0v) is 36.8. The van der Waals surface area contributed by atoms with Gasteiger partial charge >= 0.3 is 12.0 Å². The Kier molecular flexibility index (Phi) is 17.1. The van der Waals surface area contributed by atoms with Crippen molar-refractivity contribution in [2.45, 2.75) is 89.1 Å². The van der Waals surface area contributed by atoms with Crippen LogP contribution in [0, 0.1) is 0 Å². The number of nitrogens with two attached hydrogens (primary N) is 1. The van der Waals surface area contributed by atoms with Crippen LogP contribution in [-0.2, 0) is 37.1 Å². The number of nitrogens with zero attached hydrogens (tertiary/aromatic N) is 6. The smallest absolute Gasteiger partial charge is 0.322 e. The molecule has 2 aliphatic rings. The van der Waals surface area contributed by atoms with E-state index in [4.69, 9.17) is 15.9 Å². The molecule has 2 unspecified atom stereocenters. The number of nitrogens with one attached hydrogen (secondary N) is 2. The van der Waals surface area contributed by atoms with Crippen molar-refractivity contribution in [3.63, 3.8) is 0 Å². The van der Waals surface area contributed by atoms with Gasteiger partial charge in [0.1, 0.15) is 6.04 Å². The van der Waals surface area contributed by atoms with Gasteiger partial charge in [-0.15, -0.1) is 11.8 Å². The molecule has 64 heavy (non-hydrogen) atoms. The number of anilines is 1. The number of carbonyl (C=O) groups is 6. The third-order valence-electron chi connectivity index (χ3n) is 11.1. The first-order valence-electron chi connectivity index (χ1n) is 21.6. The molecular formula is C47H55N9O7S. The summed E-state index contributed by atoms with van der Waals surface area (Å²) in [5.74, 6) is -1.73. The quantitative estimate of drug-likeness (QED) is 0.0224. The number of hydrazone groups is 1. The zero-order chi connectivity index (χ0) is 45.4. The lowest BCUT2D eigenvalue weighted by Gasteiger charge is -2.17. The van der Waals surface area contributed by atoms with Gasteiger partial charge in [-0.2, -0.15) is 5.10 Å². The number of benzene rings is 2. The number of thioether (sulfide) groups is 1. The number of rotatable bonds is 23. The van der Waals surface area contributed by atoms with Gasteiger partial charge in [0.25, 0.3) is 0 Å². The molecule has 17 heteroatoms. The fourth-order valence-electron chi connectivity index (χ4n) is 7.56.